The Hall–Kier alpha value is -1.20. The third kappa shape index (κ3) is 3.22. The molecule has 1 aliphatic rings. The molecule has 0 saturated heterocycles. The number of thioether (sulfide) groups is 2. The van der Waals surface area contributed by atoms with E-state index in [4.69, 9.17) is 5.73 Å². The van der Waals surface area contributed by atoms with E-state index in [0.717, 1.165) is 10.3 Å². The van der Waals surface area contributed by atoms with Crippen LogP contribution in [0.25, 0.3) is 0 Å². The molecule has 2 N–H and O–H groups in total. The van der Waals surface area contributed by atoms with Crippen LogP contribution >= 0.6 is 23.5 Å². The zero-order chi connectivity index (χ0) is 13.1. The lowest BCUT2D eigenvalue weighted by Crippen LogP contribution is -2.28. The summed E-state index contributed by atoms with van der Waals surface area (Å²) in [5.74, 6) is 0. The predicted molar refractivity (Wildman–Crippen MR) is 81.4 cm³/mol. The Labute approximate surface area is 121 Å². The van der Waals surface area contributed by atoms with Gasteiger partial charge in [0, 0.05) is 15.4 Å². The predicted octanol–water partition coefficient (Wildman–Crippen LogP) is 3.47. The first-order valence-corrected chi connectivity index (χ1v) is 8.01. The minimum absolute atomic E-state index is 0.637. The van der Waals surface area contributed by atoms with Crippen LogP contribution in [0.5, 0.6) is 0 Å². The van der Waals surface area contributed by atoms with Gasteiger partial charge < -0.3 is 5.73 Å². The number of hydrogen-bond donors (Lipinski definition) is 1. The number of nitrogens with two attached hydrogens (primary N) is 1. The van der Waals surface area contributed by atoms with E-state index in [-0.39, 0.29) is 0 Å². The summed E-state index contributed by atoms with van der Waals surface area (Å²) in [7, 11) is 0. The molecule has 1 aromatic carbocycles. The molecule has 0 bridgehead atoms. The molecule has 2 aromatic rings. The van der Waals surface area contributed by atoms with Gasteiger partial charge in [0.2, 0.25) is 0 Å². The molecule has 0 radical (unpaired) electrons. The molecular formula is C14H15N3S2. The van der Waals surface area contributed by atoms with Gasteiger partial charge in [0.1, 0.15) is 11.4 Å². The van der Waals surface area contributed by atoms with Crippen molar-refractivity contribution in [2.24, 2.45) is 0 Å². The molecule has 1 heterocycles. The normalized spacial score (nSPS) is 21.9. The van der Waals surface area contributed by atoms with Crippen molar-refractivity contribution in [2.45, 2.75) is 33.3 Å². The summed E-state index contributed by atoms with van der Waals surface area (Å²) in [6, 6.07) is 10.6. The Morgan fingerprint density at radius 1 is 1.05 bits per heavy atom. The van der Waals surface area contributed by atoms with Crippen LogP contribution in [0, 0.1) is 0 Å². The maximum absolute atomic E-state index is 5.85. The Morgan fingerprint density at radius 2 is 1.79 bits per heavy atom. The van der Waals surface area contributed by atoms with Gasteiger partial charge in [0.05, 0.1) is 11.9 Å². The largest absolute Gasteiger partial charge is 0.395 e. The highest BCUT2D eigenvalue weighted by Gasteiger charge is 2.31. The van der Waals surface area contributed by atoms with E-state index in [1.807, 2.05) is 11.8 Å². The molecule has 3 nitrogen and oxygen atoms in total. The van der Waals surface area contributed by atoms with Crippen molar-refractivity contribution in [2.75, 3.05) is 5.73 Å². The van der Waals surface area contributed by atoms with Gasteiger partial charge >= 0.3 is 0 Å². The Balaban J connectivity index is 1.50. The number of benzene rings is 1. The van der Waals surface area contributed by atoms with E-state index < -0.39 is 0 Å². The van der Waals surface area contributed by atoms with E-state index in [1.165, 1.54) is 17.7 Å². The van der Waals surface area contributed by atoms with Crippen LogP contribution in [0.1, 0.15) is 12.8 Å². The lowest BCUT2D eigenvalue weighted by molar-refractivity contribution is 0.540. The maximum atomic E-state index is 5.85. The van der Waals surface area contributed by atoms with E-state index in [0.29, 0.717) is 10.9 Å². The number of aromatic nitrogens is 2. The van der Waals surface area contributed by atoms with Gasteiger partial charge in [-0.05, 0) is 25.0 Å². The average molecular weight is 289 g/mol. The number of anilines is 1. The van der Waals surface area contributed by atoms with Crippen molar-refractivity contribution in [1.29, 1.82) is 0 Å². The molecule has 0 atom stereocenters. The minimum Gasteiger partial charge on any atom is -0.395 e. The molecule has 5 heteroatoms. The van der Waals surface area contributed by atoms with Gasteiger partial charge in [0.15, 0.2) is 0 Å². The number of nitrogen functional groups attached to an aromatic ring is 1. The summed E-state index contributed by atoms with van der Waals surface area (Å²) in [4.78, 5) is 9.50. The summed E-state index contributed by atoms with van der Waals surface area (Å²) in [6.07, 6.45) is 5.67. The van der Waals surface area contributed by atoms with Crippen LogP contribution in [-0.2, 0) is 0 Å². The van der Waals surface area contributed by atoms with E-state index >= 15 is 0 Å². The molecule has 98 valence electrons. The van der Waals surface area contributed by atoms with Crippen LogP contribution in [0.2, 0.25) is 0 Å². The summed E-state index contributed by atoms with van der Waals surface area (Å²) in [6.45, 7) is 0. The number of hydrogen-bond acceptors (Lipinski definition) is 5. The fourth-order valence-electron chi connectivity index (χ4n) is 1.99. The van der Waals surface area contributed by atoms with Gasteiger partial charge in [-0.2, -0.15) is 0 Å². The molecule has 1 aliphatic carbocycles. The molecule has 0 amide bonds. The van der Waals surface area contributed by atoms with Crippen molar-refractivity contribution in [3.8, 4) is 0 Å². The second-order valence-corrected chi connectivity index (χ2v) is 7.21. The third-order valence-corrected chi connectivity index (χ3v) is 5.62. The van der Waals surface area contributed by atoms with Crippen LogP contribution in [0.4, 0.5) is 5.69 Å². The highest BCUT2D eigenvalue weighted by atomic mass is 32.2. The first-order valence-electron chi connectivity index (χ1n) is 6.25. The molecule has 19 heavy (non-hydrogen) atoms. The Bertz CT molecular complexity index is 541. The average Bonchev–Trinajstić information content (AvgIpc) is 2.40. The first kappa shape index (κ1) is 12.8. The highest BCUT2D eigenvalue weighted by Crippen LogP contribution is 2.44. The first-order chi connectivity index (χ1) is 9.31. The quantitative estimate of drug-likeness (QED) is 0.873. The van der Waals surface area contributed by atoms with Gasteiger partial charge in [-0.3, -0.25) is 0 Å². The van der Waals surface area contributed by atoms with Gasteiger partial charge in [-0.1, -0.05) is 18.2 Å². The topological polar surface area (TPSA) is 51.8 Å². The van der Waals surface area contributed by atoms with E-state index in [1.54, 1.807) is 24.3 Å². The van der Waals surface area contributed by atoms with E-state index in [2.05, 4.69) is 40.3 Å². The van der Waals surface area contributed by atoms with Crippen molar-refractivity contribution >= 4 is 29.2 Å². The second kappa shape index (κ2) is 5.84. The lowest BCUT2D eigenvalue weighted by Gasteiger charge is -2.34. The fraction of sp³-hybridized carbons (Fsp3) is 0.286. The molecular weight excluding hydrogens is 274 g/mol. The molecule has 0 aliphatic heterocycles. The van der Waals surface area contributed by atoms with Crippen LogP contribution in [0.15, 0.2) is 52.8 Å². The monoisotopic (exact) mass is 289 g/mol. The third-order valence-electron chi connectivity index (χ3n) is 3.08. The highest BCUT2D eigenvalue weighted by molar-refractivity contribution is 8.01. The molecule has 0 spiro atoms. The summed E-state index contributed by atoms with van der Waals surface area (Å²) in [5, 5.41) is 2.28. The maximum Gasteiger partial charge on any atom is 0.123 e. The smallest absolute Gasteiger partial charge is 0.123 e. The van der Waals surface area contributed by atoms with Gasteiger partial charge in [-0.15, -0.1) is 23.5 Å². The lowest BCUT2D eigenvalue weighted by atomic mass is 9.99. The van der Waals surface area contributed by atoms with Crippen LogP contribution in [0.3, 0.4) is 0 Å². The van der Waals surface area contributed by atoms with Gasteiger partial charge in [-0.25, -0.2) is 9.97 Å². The summed E-state index contributed by atoms with van der Waals surface area (Å²) >= 11 is 3.75. The summed E-state index contributed by atoms with van der Waals surface area (Å²) < 4.78 is 0. The number of nitrogens with zero attached hydrogens (tertiary/aromatic N) is 2. The van der Waals surface area contributed by atoms with Crippen LogP contribution in [-0.4, -0.2) is 20.5 Å². The molecule has 1 saturated carbocycles. The SMILES string of the molecule is Nc1cncnc1SC1CC(Sc2ccccc2)C1. The molecule has 1 aromatic heterocycles. The molecule has 3 rings (SSSR count). The molecule has 0 unspecified atom stereocenters. The zero-order valence-corrected chi connectivity index (χ0v) is 12.0. The Morgan fingerprint density at radius 3 is 2.53 bits per heavy atom. The van der Waals surface area contributed by atoms with Crippen molar-refractivity contribution in [3.05, 3.63) is 42.9 Å². The number of rotatable bonds is 4. The standard InChI is InChI=1S/C14H15N3S2/c15-13-8-16-9-17-14(13)19-12-6-11(7-12)18-10-4-2-1-3-5-10/h1-5,8-9,11-12H,6-7,15H2. The van der Waals surface area contributed by atoms with Crippen molar-refractivity contribution in [3.63, 3.8) is 0 Å². The van der Waals surface area contributed by atoms with Crippen molar-refractivity contribution in [1.82, 2.24) is 9.97 Å². The Kier molecular flexibility index (Phi) is 3.94. The summed E-state index contributed by atoms with van der Waals surface area (Å²) in [5.41, 5.74) is 6.54. The van der Waals surface area contributed by atoms with Gasteiger partial charge in [0.25, 0.3) is 0 Å². The van der Waals surface area contributed by atoms with Crippen LogP contribution < -0.4 is 5.73 Å². The molecule has 1 fully saturated rings. The second-order valence-electron chi connectivity index (χ2n) is 4.55. The zero-order valence-electron chi connectivity index (χ0n) is 10.4. The van der Waals surface area contributed by atoms with E-state index in [9.17, 15) is 0 Å². The fourth-order valence-corrected chi connectivity index (χ4v) is 4.86. The minimum atomic E-state index is 0.637. The van der Waals surface area contributed by atoms with Crippen molar-refractivity contribution < 1.29 is 0 Å².